The Morgan fingerprint density at radius 2 is 0.614 bits per heavy atom. The molecule has 11 aromatic rings. The van der Waals surface area contributed by atoms with E-state index < -0.39 is 0 Å². The smallest absolute Gasteiger partial charge is 0.113 e. The van der Waals surface area contributed by atoms with Crippen LogP contribution in [0.4, 0.5) is 11.4 Å². The molecule has 13 heteroatoms. The Hall–Kier alpha value is -4.58. The van der Waals surface area contributed by atoms with Crippen LogP contribution < -0.4 is 11.5 Å². The van der Waals surface area contributed by atoms with Crippen molar-refractivity contribution in [3.63, 3.8) is 0 Å². The van der Waals surface area contributed by atoms with Crippen LogP contribution >= 0.6 is 85.8 Å². The van der Waals surface area contributed by atoms with Crippen molar-refractivity contribution in [2.24, 2.45) is 0 Å². The van der Waals surface area contributed by atoms with E-state index in [0.717, 1.165) is 53.5 Å². The molecular formula is C44H31BrCl4N6S2. The van der Waals surface area contributed by atoms with Crippen molar-refractivity contribution in [3.8, 4) is 0 Å². The maximum atomic E-state index is 6.06. The van der Waals surface area contributed by atoms with Crippen LogP contribution in [0.3, 0.4) is 0 Å². The number of benzene rings is 9. The molecule has 0 atom stereocenters. The summed E-state index contributed by atoms with van der Waals surface area (Å²) in [6.45, 7) is 0. The SMILES string of the molecule is Brc1ccc2c3ccccc3c3nsnc3c2c1.ClCCl.ClCCl.Nc1c(N)c2ccccc2c2ccccc12.c1ccc2c(c1)c1ccccc1c1nsnc21. The van der Waals surface area contributed by atoms with Crippen molar-refractivity contribution in [2.45, 2.75) is 0 Å². The van der Waals surface area contributed by atoms with Crippen LogP contribution in [0, 0.1) is 0 Å². The van der Waals surface area contributed by atoms with Gasteiger partial charge >= 0.3 is 0 Å². The number of anilines is 2. The van der Waals surface area contributed by atoms with Crippen LogP contribution in [0.5, 0.6) is 0 Å². The number of fused-ring (bicyclic) bond motifs is 15. The van der Waals surface area contributed by atoms with Gasteiger partial charge in [-0.15, -0.1) is 46.4 Å². The van der Waals surface area contributed by atoms with Gasteiger partial charge in [-0.2, -0.15) is 17.5 Å². The third-order valence-corrected chi connectivity index (χ3v) is 10.9. The monoisotopic (exact) mass is 926 g/mol. The summed E-state index contributed by atoms with van der Waals surface area (Å²) in [6, 6.07) is 47.6. The van der Waals surface area contributed by atoms with E-state index in [0.29, 0.717) is 11.4 Å². The molecule has 0 fully saturated rings. The van der Waals surface area contributed by atoms with Gasteiger partial charge in [0.25, 0.3) is 0 Å². The number of nitrogens with two attached hydrogens (primary N) is 2. The number of rotatable bonds is 0. The zero-order valence-electron chi connectivity index (χ0n) is 29.8. The topological polar surface area (TPSA) is 104 Å². The Bertz CT molecular complexity index is 3020. The Morgan fingerprint density at radius 3 is 0.947 bits per heavy atom. The normalized spacial score (nSPS) is 10.8. The van der Waals surface area contributed by atoms with E-state index in [1.807, 2.05) is 42.5 Å². The molecule has 4 N–H and O–H groups in total. The first kappa shape index (κ1) is 40.6. The molecule has 0 aliphatic carbocycles. The number of aromatic nitrogens is 4. The van der Waals surface area contributed by atoms with E-state index in [2.05, 4.69) is 130 Å². The van der Waals surface area contributed by atoms with Gasteiger partial charge in [-0.1, -0.05) is 143 Å². The van der Waals surface area contributed by atoms with E-state index in [-0.39, 0.29) is 10.7 Å². The summed E-state index contributed by atoms with van der Waals surface area (Å²) in [5.74, 6) is 0. The summed E-state index contributed by atoms with van der Waals surface area (Å²) in [7, 11) is 0. The predicted octanol–water partition coefficient (Wildman–Crippen LogP) is 14.8. The highest BCUT2D eigenvalue weighted by Crippen LogP contribution is 2.37. The molecule has 0 spiro atoms. The summed E-state index contributed by atoms with van der Waals surface area (Å²) >= 11 is 25.1. The molecule has 0 radical (unpaired) electrons. The van der Waals surface area contributed by atoms with Crippen molar-refractivity contribution >= 4 is 184 Å². The van der Waals surface area contributed by atoms with Crippen LogP contribution in [-0.4, -0.2) is 28.2 Å². The molecular weight excluding hydrogens is 898 g/mol. The number of alkyl halides is 4. The second kappa shape index (κ2) is 18.8. The van der Waals surface area contributed by atoms with E-state index in [4.69, 9.17) is 57.9 Å². The first-order chi connectivity index (χ1) is 27.9. The lowest BCUT2D eigenvalue weighted by Gasteiger charge is -2.10. The Labute approximate surface area is 364 Å². The Morgan fingerprint density at radius 1 is 0.368 bits per heavy atom. The zero-order chi connectivity index (χ0) is 39.9. The van der Waals surface area contributed by atoms with Gasteiger partial charge in [0, 0.05) is 36.8 Å². The zero-order valence-corrected chi connectivity index (χ0v) is 36.1. The molecule has 9 aromatic carbocycles. The average molecular weight is 930 g/mol. The first-order valence-corrected chi connectivity index (χ1v) is 21.7. The minimum absolute atomic E-state index is 0.194. The highest BCUT2D eigenvalue weighted by molar-refractivity contribution is 9.10. The summed E-state index contributed by atoms with van der Waals surface area (Å²) in [4.78, 5) is 0. The minimum atomic E-state index is 0.194. The average Bonchev–Trinajstić information content (AvgIpc) is 3.96. The fourth-order valence-electron chi connectivity index (χ4n) is 7.00. The molecule has 0 aliphatic rings. The van der Waals surface area contributed by atoms with E-state index in [1.165, 1.54) is 61.2 Å². The van der Waals surface area contributed by atoms with Gasteiger partial charge in [0.15, 0.2) is 0 Å². The van der Waals surface area contributed by atoms with E-state index >= 15 is 0 Å². The summed E-state index contributed by atoms with van der Waals surface area (Å²) in [5.41, 5.74) is 17.5. The van der Waals surface area contributed by atoms with Crippen molar-refractivity contribution in [1.82, 2.24) is 17.5 Å². The molecule has 2 heterocycles. The highest BCUT2D eigenvalue weighted by atomic mass is 79.9. The number of nitrogen functional groups attached to an aromatic ring is 2. The van der Waals surface area contributed by atoms with Crippen LogP contribution in [0.15, 0.2) is 144 Å². The number of halogens is 5. The van der Waals surface area contributed by atoms with Gasteiger partial charge in [0.2, 0.25) is 0 Å². The van der Waals surface area contributed by atoms with Gasteiger partial charge in [0.1, 0.15) is 22.1 Å². The van der Waals surface area contributed by atoms with Crippen molar-refractivity contribution in [2.75, 3.05) is 22.1 Å². The molecule has 0 saturated heterocycles. The molecule has 0 amide bonds. The molecule has 6 nitrogen and oxygen atoms in total. The quantitative estimate of drug-likeness (QED) is 0.0679. The molecule has 284 valence electrons. The lowest BCUT2D eigenvalue weighted by Crippen LogP contribution is -1.97. The van der Waals surface area contributed by atoms with Crippen molar-refractivity contribution in [3.05, 3.63) is 144 Å². The molecule has 2 aromatic heterocycles. The maximum Gasteiger partial charge on any atom is 0.113 e. The van der Waals surface area contributed by atoms with Gasteiger partial charge < -0.3 is 11.5 Å². The second-order valence-electron chi connectivity index (χ2n) is 12.4. The molecule has 0 aliphatic heterocycles. The Balaban J connectivity index is 0.000000122. The maximum absolute atomic E-state index is 6.06. The van der Waals surface area contributed by atoms with Crippen LogP contribution in [-0.2, 0) is 0 Å². The fourth-order valence-corrected chi connectivity index (χ4v) is 8.51. The van der Waals surface area contributed by atoms with Gasteiger partial charge in [0.05, 0.1) is 45.5 Å². The number of hydrogen-bond donors (Lipinski definition) is 2. The van der Waals surface area contributed by atoms with Gasteiger partial charge in [-0.3, -0.25) is 0 Å². The highest BCUT2D eigenvalue weighted by Gasteiger charge is 2.13. The van der Waals surface area contributed by atoms with E-state index in [9.17, 15) is 0 Å². The van der Waals surface area contributed by atoms with Gasteiger partial charge in [-0.25, -0.2) is 0 Å². The van der Waals surface area contributed by atoms with E-state index in [1.54, 1.807) is 0 Å². The lowest BCUT2D eigenvalue weighted by atomic mass is 9.99. The standard InChI is InChI=1S/C14H7BrN2S.C14H8N2S.C14H12N2.2CH2Cl2/c15-8-5-6-10-9-3-1-2-4-11(9)13-14(12(10)7-8)17-18-16-13;1-3-7-11-9(5-1)10-6-2-4-8-12(10)14-13(11)15-17-16-14;15-13-11-7-3-1-5-9(11)10-6-2-4-8-12(10)14(13)16;2*2-1-3/h1-7H;1-8H;1-8H,15-16H2;2*1H2. The summed E-state index contributed by atoms with van der Waals surface area (Å²) in [5, 5.41) is 14.4. The molecule has 0 saturated carbocycles. The first-order valence-electron chi connectivity index (χ1n) is 17.3. The number of hydrogen-bond acceptors (Lipinski definition) is 8. The minimum Gasteiger partial charge on any atom is -0.397 e. The summed E-state index contributed by atoms with van der Waals surface area (Å²) < 4.78 is 18.8. The fraction of sp³-hybridized carbons (Fsp3) is 0.0455. The van der Waals surface area contributed by atoms with Crippen molar-refractivity contribution in [1.29, 1.82) is 0 Å². The molecule has 11 rings (SSSR count). The van der Waals surface area contributed by atoms with Crippen molar-refractivity contribution < 1.29 is 0 Å². The molecule has 57 heavy (non-hydrogen) atoms. The Kier molecular flexibility index (Phi) is 13.4. The third-order valence-electron chi connectivity index (χ3n) is 9.36. The number of nitrogens with zero attached hydrogens (tertiary/aromatic N) is 4. The van der Waals surface area contributed by atoms with Crippen LogP contribution in [0.1, 0.15) is 0 Å². The van der Waals surface area contributed by atoms with Gasteiger partial charge in [-0.05, 0) is 44.5 Å². The van der Waals surface area contributed by atoms with Crippen LogP contribution in [0.25, 0.3) is 86.7 Å². The molecule has 0 unspecified atom stereocenters. The largest absolute Gasteiger partial charge is 0.397 e. The lowest BCUT2D eigenvalue weighted by molar-refractivity contribution is 1.68. The summed E-state index contributed by atoms with van der Waals surface area (Å²) in [6.07, 6.45) is 0. The molecule has 0 bridgehead atoms. The second-order valence-corrected chi connectivity index (χ2v) is 16.0. The third kappa shape index (κ3) is 8.24. The predicted molar refractivity (Wildman–Crippen MR) is 256 cm³/mol. The van der Waals surface area contributed by atoms with Crippen LogP contribution in [0.2, 0.25) is 0 Å².